The first-order valence-corrected chi connectivity index (χ1v) is 6.71. The van der Waals surface area contributed by atoms with Crippen LogP contribution in [0.5, 0.6) is 0 Å². The third-order valence-electron chi connectivity index (χ3n) is 3.56. The fraction of sp³-hybridized carbons (Fsp3) is 0.235. The monoisotopic (exact) mass is 268 g/mol. The number of nitrogens with one attached hydrogen (secondary N) is 1. The van der Waals surface area contributed by atoms with Gasteiger partial charge in [-0.15, -0.1) is 0 Å². The minimum Gasteiger partial charge on any atom is -0.399 e. The highest BCUT2D eigenvalue weighted by atomic mass is 16.1. The van der Waals surface area contributed by atoms with Gasteiger partial charge in [0.2, 0.25) is 5.91 Å². The lowest BCUT2D eigenvalue weighted by molar-refractivity contribution is -0.117. The molecule has 0 saturated carbocycles. The third kappa shape index (κ3) is 2.99. The van der Waals surface area contributed by atoms with Crippen LogP contribution in [-0.4, -0.2) is 5.91 Å². The van der Waals surface area contributed by atoms with Crippen LogP contribution in [-0.2, 0) is 4.79 Å². The van der Waals surface area contributed by atoms with E-state index >= 15 is 0 Å². The highest BCUT2D eigenvalue weighted by Crippen LogP contribution is 2.24. The highest BCUT2D eigenvalue weighted by Gasteiger charge is 2.16. The molecule has 0 fully saturated rings. The molecule has 2 aromatic carbocycles. The number of rotatable bonds is 3. The van der Waals surface area contributed by atoms with Crippen molar-refractivity contribution in [2.75, 3.05) is 11.1 Å². The maximum Gasteiger partial charge on any atom is 0.231 e. The van der Waals surface area contributed by atoms with E-state index in [9.17, 15) is 4.79 Å². The van der Waals surface area contributed by atoms with Gasteiger partial charge in [-0.2, -0.15) is 0 Å². The Labute approximate surface area is 119 Å². The molecule has 0 radical (unpaired) electrons. The molecular formula is C17H20N2O. The zero-order valence-electron chi connectivity index (χ0n) is 12.1. The number of hydrogen-bond acceptors (Lipinski definition) is 2. The van der Waals surface area contributed by atoms with E-state index in [4.69, 9.17) is 5.73 Å². The number of carbonyl (C=O) groups excluding carboxylic acids is 1. The summed E-state index contributed by atoms with van der Waals surface area (Å²) in [6, 6.07) is 13.6. The van der Waals surface area contributed by atoms with Crippen LogP contribution in [0, 0.1) is 13.8 Å². The molecule has 104 valence electrons. The Morgan fingerprint density at radius 2 is 1.75 bits per heavy atom. The van der Waals surface area contributed by atoms with Gasteiger partial charge in [-0.3, -0.25) is 4.79 Å². The van der Waals surface area contributed by atoms with Crippen LogP contribution >= 0.6 is 0 Å². The Kier molecular flexibility index (Phi) is 4.08. The van der Waals surface area contributed by atoms with E-state index in [1.807, 2.05) is 63.2 Å². The van der Waals surface area contributed by atoms with Crippen molar-refractivity contribution in [2.24, 2.45) is 0 Å². The molecule has 1 atom stereocenters. The fourth-order valence-electron chi connectivity index (χ4n) is 2.11. The minimum atomic E-state index is -0.187. The summed E-state index contributed by atoms with van der Waals surface area (Å²) in [7, 11) is 0. The van der Waals surface area contributed by atoms with Gasteiger partial charge in [0.05, 0.1) is 5.92 Å². The van der Waals surface area contributed by atoms with Crippen molar-refractivity contribution in [1.29, 1.82) is 0 Å². The van der Waals surface area contributed by atoms with Crippen LogP contribution in [0.15, 0.2) is 42.5 Å². The van der Waals surface area contributed by atoms with Crippen molar-refractivity contribution >= 4 is 17.3 Å². The lowest BCUT2D eigenvalue weighted by Gasteiger charge is -2.15. The van der Waals surface area contributed by atoms with Gasteiger partial charge in [-0.05, 0) is 49.6 Å². The molecule has 3 N–H and O–H groups in total. The van der Waals surface area contributed by atoms with E-state index in [1.54, 1.807) is 0 Å². The molecule has 0 bridgehead atoms. The molecule has 0 heterocycles. The Balaban J connectivity index is 2.18. The van der Waals surface area contributed by atoms with E-state index in [-0.39, 0.29) is 11.8 Å². The quantitative estimate of drug-likeness (QED) is 0.835. The molecule has 0 aliphatic carbocycles. The zero-order valence-corrected chi connectivity index (χ0v) is 12.1. The molecule has 3 heteroatoms. The first-order valence-electron chi connectivity index (χ1n) is 6.71. The first kappa shape index (κ1) is 14.1. The van der Waals surface area contributed by atoms with Gasteiger partial charge >= 0.3 is 0 Å². The summed E-state index contributed by atoms with van der Waals surface area (Å²) >= 11 is 0. The smallest absolute Gasteiger partial charge is 0.231 e. The summed E-state index contributed by atoms with van der Waals surface area (Å²) in [5, 5.41) is 2.98. The summed E-state index contributed by atoms with van der Waals surface area (Å²) in [6.07, 6.45) is 0. The first-order chi connectivity index (χ1) is 9.49. The van der Waals surface area contributed by atoms with Gasteiger partial charge in [0, 0.05) is 11.4 Å². The number of hydrogen-bond donors (Lipinski definition) is 2. The predicted octanol–water partition coefficient (Wildman–Crippen LogP) is 3.63. The number of carbonyl (C=O) groups is 1. The van der Waals surface area contributed by atoms with Crippen molar-refractivity contribution in [3.05, 3.63) is 59.2 Å². The maximum absolute atomic E-state index is 12.3. The topological polar surface area (TPSA) is 55.1 Å². The molecule has 2 aromatic rings. The number of anilines is 2. The van der Waals surface area contributed by atoms with Crippen LogP contribution in [0.2, 0.25) is 0 Å². The van der Waals surface area contributed by atoms with Gasteiger partial charge in [0.15, 0.2) is 0 Å². The van der Waals surface area contributed by atoms with Gasteiger partial charge in [0.25, 0.3) is 0 Å². The number of amides is 1. The van der Waals surface area contributed by atoms with Crippen LogP contribution in [0.25, 0.3) is 0 Å². The Morgan fingerprint density at radius 1 is 1.10 bits per heavy atom. The van der Waals surface area contributed by atoms with Gasteiger partial charge in [0.1, 0.15) is 0 Å². The molecule has 0 saturated heterocycles. The largest absolute Gasteiger partial charge is 0.399 e. The second-order valence-corrected chi connectivity index (χ2v) is 5.15. The summed E-state index contributed by atoms with van der Waals surface area (Å²) in [6.45, 7) is 5.79. The molecule has 0 aromatic heterocycles. The third-order valence-corrected chi connectivity index (χ3v) is 3.56. The lowest BCUT2D eigenvalue weighted by atomic mass is 10.00. The summed E-state index contributed by atoms with van der Waals surface area (Å²) in [4.78, 5) is 12.3. The lowest BCUT2D eigenvalue weighted by Crippen LogP contribution is -2.19. The number of nitrogen functional groups attached to an aromatic ring is 1. The molecule has 20 heavy (non-hydrogen) atoms. The molecule has 0 aliphatic rings. The van der Waals surface area contributed by atoms with Crippen LogP contribution in [0.4, 0.5) is 11.4 Å². The zero-order chi connectivity index (χ0) is 14.7. The minimum absolute atomic E-state index is 0.0107. The molecule has 3 nitrogen and oxygen atoms in total. The molecule has 0 spiro atoms. The van der Waals surface area contributed by atoms with E-state index in [1.165, 1.54) is 0 Å². The standard InChI is InChI=1S/C17H20N2O/c1-11-10-16(12(2)9-15(11)18)19-17(20)13(3)14-7-5-4-6-8-14/h4-10,13H,18H2,1-3H3,(H,19,20). The second-order valence-electron chi connectivity index (χ2n) is 5.15. The van der Waals surface area contributed by atoms with E-state index in [2.05, 4.69) is 5.32 Å². The Hall–Kier alpha value is -2.29. The van der Waals surface area contributed by atoms with Gasteiger partial charge in [-0.25, -0.2) is 0 Å². The summed E-state index contributed by atoms with van der Waals surface area (Å²) in [5.74, 6) is -0.197. The van der Waals surface area contributed by atoms with Crippen molar-refractivity contribution in [1.82, 2.24) is 0 Å². The van der Waals surface area contributed by atoms with E-state index in [0.717, 1.165) is 28.1 Å². The average molecular weight is 268 g/mol. The molecule has 1 unspecified atom stereocenters. The Bertz CT molecular complexity index is 620. The molecule has 0 aliphatic heterocycles. The number of benzene rings is 2. The Morgan fingerprint density at radius 3 is 2.40 bits per heavy atom. The normalized spacial score (nSPS) is 11.9. The molecule has 2 rings (SSSR count). The van der Waals surface area contributed by atoms with Crippen LogP contribution < -0.4 is 11.1 Å². The van der Waals surface area contributed by atoms with Gasteiger partial charge < -0.3 is 11.1 Å². The van der Waals surface area contributed by atoms with E-state index < -0.39 is 0 Å². The van der Waals surface area contributed by atoms with Crippen LogP contribution in [0.1, 0.15) is 29.5 Å². The number of nitrogens with two attached hydrogens (primary N) is 1. The number of aryl methyl sites for hydroxylation is 2. The van der Waals surface area contributed by atoms with Crippen LogP contribution in [0.3, 0.4) is 0 Å². The maximum atomic E-state index is 12.3. The van der Waals surface area contributed by atoms with Crippen molar-refractivity contribution in [3.63, 3.8) is 0 Å². The average Bonchev–Trinajstić information content (AvgIpc) is 2.44. The van der Waals surface area contributed by atoms with Gasteiger partial charge in [-0.1, -0.05) is 30.3 Å². The summed E-state index contributed by atoms with van der Waals surface area (Å²) in [5.41, 5.74) is 10.4. The predicted molar refractivity (Wildman–Crippen MR) is 83.8 cm³/mol. The van der Waals surface area contributed by atoms with Crippen molar-refractivity contribution in [3.8, 4) is 0 Å². The highest BCUT2D eigenvalue weighted by molar-refractivity contribution is 5.96. The second kappa shape index (κ2) is 5.78. The summed E-state index contributed by atoms with van der Waals surface area (Å²) < 4.78 is 0. The van der Waals surface area contributed by atoms with E-state index in [0.29, 0.717) is 0 Å². The van der Waals surface area contributed by atoms with Crippen molar-refractivity contribution < 1.29 is 4.79 Å². The fourth-order valence-corrected chi connectivity index (χ4v) is 2.11. The SMILES string of the molecule is Cc1cc(NC(=O)C(C)c2ccccc2)c(C)cc1N. The molecule has 1 amide bonds. The molecular weight excluding hydrogens is 248 g/mol. The van der Waals surface area contributed by atoms with Crippen molar-refractivity contribution in [2.45, 2.75) is 26.7 Å².